The smallest absolute Gasteiger partial charge is 0.123 e. The summed E-state index contributed by atoms with van der Waals surface area (Å²) < 4.78 is 18.9. The Morgan fingerprint density at radius 3 is 2.46 bits per heavy atom. The van der Waals surface area contributed by atoms with E-state index in [1.54, 1.807) is 18.3 Å². The summed E-state index contributed by atoms with van der Waals surface area (Å²) in [6.07, 6.45) is 6.27. The van der Waals surface area contributed by atoms with Gasteiger partial charge in [0.2, 0.25) is 0 Å². The molecule has 1 aliphatic carbocycles. The number of ether oxygens (including phenoxy) is 1. The molecule has 0 saturated carbocycles. The van der Waals surface area contributed by atoms with Crippen molar-refractivity contribution in [2.45, 2.75) is 39.2 Å². The summed E-state index contributed by atoms with van der Waals surface area (Å²) >= 11 is 0. The van der Waals surface area contributed by atoms with Crippen LogP contribution < -0.4 is 5.32 Å². The number of rotatable bonds is 5. The molecule has 1 aromatic heterocycles. The zero-order valence-corrected chi connectivity index (χ0v) is 21.1. The van der Waals surface area contributed by atoms with Crippen LogP contribution in [-0.2, 0) is 4.74 Å². The molecule has 5 rings (SSSR count). The molecule has 0 bridgehead atoms. The second kappa shape index (κ2) is 11.4. The highest BCUT2D eigenvalue weighted by Gasteiger charge is 2.22. The molecule has 6 nitrogen and oxygen atoms in total. The predicted molar refractivity (Wildman–Crippen MR) is 149 cm³/mol. The van der Waals surface area contributed by atoms with Crippen molar-refractivity contribution in [1.82, 2.24) is 4.98 Å². The maximum Gasteiger partial charge on any atom is 0.123 e. The van der Waals surface area contributed by atoms with Gasteiger partial charge in [-0.1, -0.05) is 12.1 Å². The summed E-state index contributed by atoms with van der Waals surface area (Å²) in [5.74, 6) is -0.268. The van der Waals surface area contributed by atoms with Gasteiger partial charge in [-0.2, -0.15) is 0 Å². The molecule has 0 unspecified atom stereocenters. The minimum Gasteiger partial charge on any atom is -0.381 e. The minimum absolute atomic E-state index is 0.230. The van der Waals surface area contributed by atoms with E-state index in [1.165, 1.54) is 12.1 Å². The Bertz CT molecular complexity index is 1370. The van der Waals surface area contributed by atoms with Crippen LogP contribution in [0.5, 0.6) is 0 Å². The van der Waals surface area contributed by atoms with E-state index in [0.717, 1.165) is 77.2 Å². The van der Waals surface area contributed by atoms with Gasteiger partial charge in [0.1, 0.15) is 5.82 Å². The molecule has 0 amide bonds. The molecule has 1 saturated heterocycles. The molecular formula is C30H30FN5O. The molecule has 0 radical (unpaired) electrons. The Balaban J connectivity index is 1.50. The van der Waals surface area contributed by atoms with E-state index in [9.17, 15) is 4.39 Å². The monoisotopic (exact) mass is 495 g/mol. The second-order valence-electron chi connectivity index (χ2n) is 9.29. The van der Waals surface area contributed by atoms with Crippen molar-refractivity contribution in [2.75, 3.05) is 18.5 Å². The predicted octanol–water partition coefficient (Wildman–Crippen LogP) is 7.09. The number of halogens is 1. The summed E-state index contributed by atoms with van der Waals surface area (Å²) in [5.41, 5.74) is 7.96. The van der Waals surface area contributed by atoms with Crippen LogP contribution in [0.25, 0.3) is 0 Å². The lowest BCUT2D eigenvalue weighted by Crippen LogP contribution is -2.27. The fourth-order valence-electron chi connectivity index (χ4n) is 4.30. The van der Waals surface area contributed by atoms with E-state index in [-0.39, 0.29) is 11.9 Å². The zero-order valence-electron chi connectivity index (χ0n) is 21.1. The summed E-state index contributed by atoms with van der Waals surface area (Å²) in [5, 5.41) is 3.36. The van der Waals surface area contributed by atoms with E-state index in [2.05, 4.69) is 23.3 Å². The van der Waals surface area contributed by atoms with Crippen molar-refractivity contribution in [2.24, 2.45) is 15.0 Å². The maximum absolute atomic E-state index is 13.4. The first kappa shape index (κ1) is 24.7. The first-order chi connectivity index (χ1) is 18.0. The van der Waals surface area contributed by atoms with Crippen LogP contribution >= 0.6 is 0 Å². The molecule has 2 aromatic carbocycles. The average Bonchev–Trinajstić information content (AvgIpc) is 2.91. The fourth-order valence-corrected chi connectivity index (χ4v) is 4.30. The van der Waals surface area contributed by atoms with Crippen molar-refractivity contribution in [3.8, 4) is 0 Å². The van der Waals surface area contributed by atoms with Gasteiger partial charge in [-0.15, -0.1) is 0 Å². The highest BCUT2D eigenvalue weighted by atomic mass is 19.1. The number of nitrogens with one attached hydrogen (secondary N) is 1. The number of allylic oxidation sites excluding steroid dienone is 2. The number of aliphatic imine (C=N–C) groups is 3. The number of pyridine rings is 1. The van der Waals surface area contributed by atoms with Crippen molar-refractivity contribution in [3.63, 3.8) is 0 Å². The second-order valence-corrected chi connectivity index (χ2v) is 9.29. The van der Waals surface area contributed by atoms with Crippen LogP contribution in [0.15, 0.2) is 93.5 Å². The van der Waals surface area contributed by atoms with Gasteiger partial charge < -0.3 is 10.1 Å². The zero-order chi connectivity index (χ0) is 25.6. The van der Waals surface area contributed by atoms with Gasteiger partial charge in [-0.25, -0.2) is 9.38 Å². The van der Waals surface area contributed by atoms with Gasteiger partial charge in [0.25, 0.3) is 0 Å². The summed E-state index contributed by atoms with van der Waals surface area (Å²) in [6.45, 7) is 5.51. The van der Waals surface area contributed by atoms with Gasteiger partial charge in [0.15, 0.2) is 0 Å². The Labute approximate surface area is 216 Å². The van der Waals surface area contributed by atoms with Gasteiger partial charge in [-0.3, -0.25) is 15.0 Å². The first-order valence-electron chi connectivity index (χ1n) is 12.6. The van der Waals surface area contributed by atoms with E-state index >= 15 is 0 Å². The molecule has 2 heterocycles. The summed E-state index contributed by atoms with van der Waals surface area (Å²) in [7, 11) is 0. The van der Waals surface area contributed by atoms with Crippen LogP contribution in [0.2, 0.25) is 0 Å². The number of nitrogens with zero attached hydrogens (tertiary/aromatic N) is 4. The molecule has 0 spiro atoms. The van der Waals surface area contributed by atoms with Crippen LogP contribution in [-0.4, -0.2) is 41.4 Å². The number of hydrogen-bond acceptors (Lipinski definition) is 6. The number of aryl methyl sites for hydroxylation is 1. The quantitative estimate of drug-likeness (QED) is 0.411. The molecule has 1 N–H and O–H groups in total. The molecule has 1 aliphatic heterocycles. The lowest BCUT2D eigenvalue weighted by molar-refractivity contribution is 0.0872. The largest absolute Gasteiger partial charge is 0.381 e. The average molecular weight is 496 g/mol. The standard InChI is InChI=1S/C30H30FN5O/c1-20-17-29(34-24-13-15-37-16-14-24)30(35-25-10-7-21(2)32-19-25)18-28(20)36-27-6-4-3-5-26(27)33-23-11-8-22(31)9-12-23/h3-12,17,19,24,33H,13-16,18H2,1-2H3. The SMILES string of the molecule is CC1=CC(=NC2CCOCC2)C(=Nc2ccc(C)nc2)CC1=Nc1ccccc1Nc1ccc(F)cc1. The number of aromatic nitrogens is 1. The first-order valence-corrected chi connectivity index (χ1v) is 12.6. The summed E-state index contributed by atoms with van der Waals surface area (Å²) in [4.78, 5) is 19.5. The maximum atomic E-state index is 13.4. The number of para-hydroxylation sites is 2. The molecule has 3 aromatic rings. The van der Waals surface area contributed by atoms with Crippen molar-refractivity contribution >= 4 is 39.9 Å². The van der Waals surface area contributed by atoms with Crippen molar-refractivity contribution in [3.05, 3.63) is 90.0 Å². The lowest BCUT2D eigenvalue weighted by atomic mass is 9.94. The third kappa shape index (κ3) is 6.43. The van der Waals surface area contributed by atoms with Crippen LogP contribution in [0.3, 0.4) is 0 Å². The third-order valence-electron chi connectivity index (χ3n) is 6.39. The normalized spacial score (nSPS) is 19.9. The Hall–Kier alpha value is -3.97. The highest BCUT2D eigenvalue weighted by molar-refractivity contribution is 6.53. The summed E-state index contributed by atoms with van der Waals surface area (Å²) in [6, 6.07) is 18.3. The molecular weight excluding hydrogens is 465 g/mol. The Kier molecular flexibility index (Phi) is 7.61. The highest BCUT2D eigenvalue weighted by Crippen LogP contribution is 2.30. The van der Waals surface area contributed by atoms with Gasteiger partial charge in [-0.05, 0) is 86.9 Å². The van der Waals surface area contributed by atoms with E-state index in [1.807, 2.05) is 43.3 Å². The fraction of sp³-hybridized carbons (Fsp3) is 0.267. The number of benzene rings is 2. The van der Waals surface area contributed by atoms with Crippen LogP contribution in [0, 0.1) is 12.7 Å². The van der Waals surface area contributed by atoms with Crippen LogP contribution in [0.4, 0.5) is 27.1 Å². The molecule has 7 heteroatoms. The van der Waals surface area contributed by atoms with Crippen LogP contribution in [0.1, 0.15) is 31.9 Å². The number of anilines is 2. The van der Waals surface area contributed by atoms with Gasteiger partial charge >= 0.3 is 0 Å². The Morgan fingerprint density at radius 2 is 1.70 bits per heavy atom. The molecule has 37 heavy (non-hydrogen) atoms. The third-order valence-corrected chi connectivity index (χ3v) is 6.39. The van der Waals surface area contributed by atoms with Gasteiger partial charge in [0, 0.05) is 31.0 Å². The molecule has 0 atom stereocenters. The Morgan fingerprint density at radius 1 is 0.919 bits per heavy atom. The van der Waals surface area contributed by atoms with Crippen molar-refractivity contribution in [1.29, 1.82) is 0 Å². The molecule has 1 fully saturated rings. The topological polar surface area (TPSA) is 71.2 Å². The number of hydrogen-bond donors (Lipinski definition) is 1. The molecule has 188 valence electrons. The minimum atomic E-state index is -0.268. The lowest BCUT2D eigenvalue weighted by Gasteiger charge is -2.22. The van der Waals surface area contributed by atoms with Crippen molar-refractivity contribution < 1.29 is 9.13 Å². The van der Waals surface area contributed by atoms with E-state index < -0.39 is 0 Å². The van der Waals surface area contributed by atoms with E-state index in [0.29, 0.717) is 6.42 Å². The van der Waals surface area contributed by atoms with Gasteiger partial charge in [0.05, 0.1) is 46.4 Å². The van der Waals surface area contributed by atoms with E-state index in [4.69, 9.17) is 19.7 Å². The molecule has 2 aliphatic rings.